The molecule has 0 unspecified atom stereocenters. The van der Waals surface area contributed by atoms with Crippen molar-refractivity contribution in [3.63, 3.8) is 0 Å². The first-order chi connectivity index (χ1) is 3.29. The Hall–Kier alpha value is 0.478. The molecule has 1 saturated heterocycles. The summed E-state index contributed by atoms with van der Waals surface area (Å²) in [5.41, 5.74) is 0. The zero-order valence-electron chi connectivity index (χ0n) is 4.76. The van der Waals surface area contributed by atoms with Crippen molar-refractivity contribution < 1.29 is 0 Å². The third-order valence-corrected chi connectivity index (χ3v) is 3.17. The number of hydrogen-bond acceptors (Lipinski definition) is 2. The van der Waals surface area contributed by atoms with Gasteiger partial charge in [0.2, 0.25) is 0 Å². The first-order valence-corrected chi connectivity index (χ1v) is 4.11. The zero-order valence-corrected chi connectivity index (χ0v) is 6.63. The van der Waals surface area contributed by atoms with E-state index in [1.165, 1.54) is 13.1 Å². The summed E-state index contributed by atoms with van der Waals surface area (Å²) >= 11 is 0.410. The molecule has 0 atom stereocenters. The van der Waals surface area contributed by atoms with Crippen LogP contribution in [-0.2, 0) is 0 Å². The van der Waals surface area contributed by atoms with E-state index in [0.717, 1.165) is 0 Å². The molecular weight excluding hydrogens is 151 g/mol. The van der Waals surface area contributed by atoms with Crippen LogP contribution in [0.15, 0.2) is 0 Å². The Labute approximate surface area is 51.6 Å². The van der Waals surface area contributed by atoms with Crippen molar-refractivity contribution in [1.29, 1.82) is 0 Å². The van der Waals surface area contributed by atoms with Crippen molar-refractivity contribution in [1.82, 2.24) is 7.63 Å². The molecule has 41 valence electrons. The maximum absolute atomic E-state index is 2.40. The molecule has 1 rings (SSSR count). The van der Waals surface area contributed by atoms with E-state index in [-0.39, 0.29) is 0 Å². The summed E-state index contributed by atoms with van der Waals surface area (Å²) in [4.78, 5) is 0. The van der Waals surface area contributed by atoms with Crippen molar-refractivity contribution in [2.24, 2.45) is 0 Å². The van der Waals surface area contributed by atoms with Crippen LogP contribution in [0.25, 0.3) is 0 Å². The van der Waals surface area contributed by atoms with E-state index in [2.05, 4.69) is 21.7 Å². The zero-order chi connectivity index (χ0) is 5.28. The average molecular weight is 161 g/mol. The van der Waals surface area contributed by atoms with Crippen molar-refractivity contribution in [3.8, 4) is 0 Å². The Morgan fingerprint density at radius 3 is 1.71 bits per heavy atom. The summed E-state index contributed by atoms with van der Waals surface area (Å²) in [5.74, 6) is 0. The Balaban J connectivity index is 2.26. The molecule has 7 heavy (non-hydrogen) atoms. The van der Waals surface area contributed by atoms with E-state index >= 15 is 0 Å². The third kappa shape index (κ3) is 1.45. The second kappa shape index (κ2) is 2.16. The van der Waals surface area contributed by atoms with Crippen LogP contribution in [0.5, 0.6) is 0 Å². The van der Waals surface area contributed by atoms with Gasteiger partial charge in [-0.15, -0.1) is 0 Å². The SMILES string of the molecule is CN1CCN(C)[As]1. The van der Waals surface area contributed by atoms with E-state index < -0.39 is 0 Å². The van der Waals surface area contributed by atoms with E-state index in [1.807, 2.05) is 0 Å². The Morgan fingerprint density at radius 2 is 1.57 bits per heavy atom. The molecule has 1 aliphatic heterocycles. The van der Waals surface area contributed by atoms with Crippen LogP contribution < -0.4 is 0 Å². The summed E-state index contributed by atoms with van der Waals surface area (Å²) in [7, 11) is 4.37. The number of likely N-dealkylation sites (N-methyl/N-ethyl adjacent to an activating group) is 2. The molecule has 0 aromatic carbocycles. The van der Waals surface area contributed by atoms with Crippen molar-refractivity contribution in [2.75, 3.05) is 27.2 Å². The first kappa shape index (κ1) is 5.61. The van der Waals surface area contributed by atoms with Gasteiger partial charge in [0, 0.05) is 0 Å². The van der Waals surface area contributed by atoms with Gasteiger partial charge >= 0.3 is 51.0 Å². The van der Waals surface area contributed by atoms with Crippen LogP contribution in [-0.4, -0.2) is 51.0 Å². The Kier molecular flexibility index (Phi) is 1.74. The summed E-state index contributed by atoms with van der Waals surface area (Å²) in [6, 6.07) is 0. The molecule has 0 amide bonds. The van der Waals surface area contributed by atoms with Crippen LogP contribution >= 0.6 is 0 Å². The molecule has 0 spiro atoms. The third-order valence-electron chi connectivity index (χ3n) is 1.05. The molecule has 0 bridgehead atoms. The normalized spacial score (nSPS) is 26.6. The fraction of sp³-hybridized carbons (Fsp3) is 1.00. The van der Waals surface area contributed by atoms with E-state index in [9.17, 15) is 0 Å². The van der Waals surface area contributed by atoms with Gasteiger partial charge in [0.1, 0.15) is 0 Å². The van der Waals surface area contributed by atoms with Gasteiger partial charge in [-0.2, -0.15) is 0 Å². The molecule has 0 aliphatic carbocycles. The molecule has 1 fully saturated rings. The van der Waals surface area contributed by atoms with Crippen molar-refractivity contribution in [2.45, 2.75) is 0 Å². The quantitative estimate of drug-likeness (QED) is 0.437. The van der Waals surface area contributed by atoms with Gasteiger partial charge in [0.05, 0.1) is 0 Å². The number of rotatable bonds is 0. The fourth-order valence-corrected chi connectivity index (χ4v) is 2.48. The van der Waals surface area contributed by atoms with E-state index in [1.54, 1.807) is 0 Å². The Morgan fingerprint density at radius 1 is 1.14 bits per heavy atom. The molecule has 1 radical (unpaired) electrons. The molecule has 0 aromatic rings. The molecule has 3 heteroatoms. The van der Waals surface area contributed by atoms with Gasteiger partial charge in [0.25, 0.3) is 0 Å². The summed E-state index contributed by atoms with van der Waals surface area (Å²) in [6.07, 6.45) is 0. The van der Waals surface area contributed by atoms with E-state index in [0.29, 0.717) is 16.2 Å². The number of hydrogen-bond donors (Lipinski definition) is 0. The predicted octanol–water partition coefficient (Wildman–Crippen LogP) is -0.602. The average Bonchev–Trinajstić information content (AvgIpc) is 1.87. The summed E-state index contributed by atoms with van der Waals surface area (Å²) in [6.45, 7) is 2.55. The molecule has 0 N–H and O–H groups in total. The van der Waals surface area contributed by atoms with Crippen LogP contribution in [0, 0.1) is 0 Å². The van der Waals surface area contributed by atoms with Crippen LogP contribution in [0.4, 0.5) is 0 Å². The van der Waals surface area contributed by atoms with Crippen molar-refractivity contribution >= 4 is 16.2 Å². The minimum atomic E-state index is 0.410. The van der Waals surface area contributed by atoms with Crippen molar-refractivity contribution in [3.05, 3.63) is 0 Å². The van der Waals surface area contributed by atoms with Crippen LogP contribution in [0.3, 0.4) is 0 Å². The number of nitrogens with zero attached hydrogens (tertiary/aromatic N) is 2. The van der Waals surface area contributed by atoms with Gasteiger partial charge < -0.3 is 0 Å². The predicted molar refractivity (Wildman–Crippen MR) is 31.0 cm³/mol. The van der Waals surface area contributed by atoms with Crippen LogP contribution in [0.1, 0.15) is 0 Å². The summed E-state index contributed by atoms with van der Waals surface area (Å²) < 4.78 is 4.80. The first-order valence-electron chi connectivity index (χ1n) is 2.43. The van der Waals surface area contributed by atoms with Gasteiger partial charge in [-0.25, -0.2) is 0 Å². The topological polar surface area (TPSA) is 6.48 Å². The van der Waals surface area contributed by atoms with Gasteiger partial charge in [-0.1, -0.05) is 0 Å². The molecule has 2 nitrogen and oxygen atoms in total. The fourth-order valence-electron chi connectivity index (χ4n) is 0.640. The van der Waals surface area contributed by atoms with E-state index in [4.69, 9.17) is 0 Å². The second-order valence-corrected chi connectivity index (χ2v) is 5.09. The second-order valence-electron chi connectivity index (χ2n) is 1.85. The maximum atomic E-state index is 2.40. The minimum absolute atomic E-state index is 0.410. The van der Waals surface area contributed by atoms with Gasteiger partial charge in [0.15, 0.2) is 0 Å². The molecule has 1 aliphatic rings. The standard InChI is InChI=1S/C4H10AsN2/c1-6-3-4-7(2)5-6/h3-4H2,1-2H3. The molecular formula is C4H10AsN2. The molecule has 0 saturated carbocycles. The molecule has 1 heterocycles. The van der Waals surface area contributed by atoms with Gasteiger partial charge in [-0.05, 0) is 0 Å². The monoisotopic (exact) mass is 161 g/mol. The van der Waals surface area contributed by atoms with Crippen LogP contribution in [0.2, 0.25) is 0 Å². The summed E-state index contributed by atoms with van der Waals surface area (Å²) in [5, 5.41) is 0. The Bertz CT molecular complexity index is 58.7. The molecule has 0 aromatic heterocycles. The van der Waals surface area contributed by atoms with Gasteiger partial charge in [-0.3, -0.25) is 0 Å².